The average Bonchev–Trinajstić information content (AvgIpc) is 2.40. The number of benzene rings is 2. The lowest BCUT2D eigenvalue weighted by Crippen LogP contribution is -2.19. The predicted molar refractivity (Wildman–Crippen MR) is 74.1 cm³/mol. The lowest BCUT2D eigenvalue weighted by Gasteiger charge is -2.18. The third-order valence-electron chi connectivity index (χ3n) is 2.75. The molecule has 2 rings (SSSR count). The summed E-state index contributed by atoms with van der Waals surface area (Å²) in [5.41, 5.74) is 10.4. The first-order valence-electron chi connectivity index (χ1n) is 6.25. The second-order valence-corrected chi connectivity index (χ2v) is 4.61. The molecule has 0 heterocycles. The molecular weight excluding hydrogens is 342 g/mol. The summed E-state index contributed by atoms with van der Waals surface area (Å²) < 4.78 is 82.7. The van der Waals surface area contributed by atoms with E-state index in [0.29, 0.717) is 0 Å². The predicted octanol–water partition coefficient (Wildman–Crippen LogP) is 4.32. The fourth-order valence-corrected chi connectivity index (χ4v) is 1.94. The van der Waals surface area contributed by atoms with E-state index in [9.17, 15) is 26.3 Å². The zero-order valence-electron chi connectivity index (χ0n) is 11.7. The van der Waals surface area contributed by atoms with Gasteiger partial charge in [-0.3, -0.25) is 0 Å². The maximum Gasteiger partial charge on any atom is 0.573 e. The lowest BCUT2D eigenvalue weighted by molar-refractivity contribution is -0.276. The second-order valence-electron chi connectivity index (χ2n) is 4.61. The highest BCUT2D eigenvalue weighted by Crippen LogP contribution is 2.42. The fraction of sp³-hybridized carbons (Fsp3) is 0.143. The minimum absolute atomic E-state index is 0.0138. The number of rotatable bonds is 3. The molecule has 2 aromatic carbocycles. The number of halogens is 6. The van der Waals surface area contributed by atoms with Crippen molar-refractivity contribution in [3.05, 3.63) is 36.4 Å². The number of ether oxygens (including phenoxy) is 2. The Hall–Kier alpha value is -2.78. The molecule has 24 heavy (non-hydrogen) atoms. The minimum atomic E-state index is -5.05. The van der Waals surface area contributed by atoms with Crippen LogP contribution in [-0.4, -0.2) is 12.7 Å². The monoisotopic (exact) mass is 352 g/mol. The van der Waals surface area contributed by atoms with E-state index in [1.54, 1.807) is 0 Å². The van der Waals surface area contributed by atoms with Crippen LogP contribution in [0.1, 0.15) is 0 Å². The van der Waals surface area contributed by atoms with Crippen molar-refractivity contribution in [2.75, 3.05) is 11.5 Å². The molecule has 0 unspecified atom stereocenters. The molecule has 0 aliphatic heterocycles. The fourth-order valence-electron chi connectivity index (χ4n) is 1.94. The summed E-state index contributed by atoms with van der Waals surface area (Å²) in [6.45, 7) is 0. The molecule has 0 radical (unpaired) electrons. The third-order valence-corrected chi connectivity index (χ3v) is 2.75. The van der Waals surface area contributed by atoms with Gasteiger partial charge in [0, 0.05) is 22.5 Å². The average molecular weight is 352 g/mol. The highest BCUT2D eigenvalue weighted by Gasteiger charge is 2.34. The number of anilines is 2. The summed E-state index contributed by atoms with van der Waals surface area (Å²) in [5, 5.41) is 0. The van der Waals surface area contributed by atoms with Crippen LogP contribution in [-0.2, 0) is 0 Å². The van der Waals surface area contributed by atoms with Gasteiger partial charge in [-0.2, -0.15) is 0 Å². The Labute approximate surface area is 131 Å². The summed E-state index contributed by atoms with van der Waals surface area (Å²) >= 11 is 0. The van der Waals surface area contributed by atoms with E-state index in [2.05, 4.69) is 9.47 Å². The van der Waals surface area contributed by atoms with Gasteiger partial charge in [0.2, 0.25) is 0 Å². The van der Waals surface area contributed by atoms with E-state index in [4.69, 9.17) is 11.5 Å². The van der Waals surface area contributed by atoms with E-state index < -0.39 is 24.2 Å². The molecule has 0 saturated heterocycles. The van der Waals surface area contributed by atoms with Crippen LogP contribution < -0.4 is 20.9 Å². The first-order chi connectivity index (χ1) is 10.9. The van der Waals surface area contributed by atoms with Crippen LogP contribution in [0.4, 0.5) is 37.7 Å². The van der Waals surface area contributed by atoms with Crippen LogP contribution in [0.2, 0.25) is 0 Å². The molecule has 0 aromatic heterocycles. The molecule has 0 atom stereocenters. The van der Waals surface area contributed by atoms with E-state index >= 15 is 0 Å². The van der Waals surface area contributed by atoms with Crippen LogP contribution in [0.15, 0.2) is 36.4 Å². The molecule has 130 valence electrons. The van der Waals surface area contributed by atoms with Crippen molar-refractivity contribution in [3.63, 3.8) is 0 Å². The summed E-state index contributed by atoms with van der Waals surface area (Å²) in [7, 11) is 0. The van der Waals surface area contributed by atoms with Gasteiger partial charge in [-0.1, -0.05) is 0 Å². The smallest absolute Gasteiger partial charge is 0.405 e. The molecule has 2 aromatic rings. The number of nitrogen functional groups attached to an aromatic ring is 2. The molecule has 0 amide bonds. The van der Waals surface area contributed by atoms with Gasteiger partial charge in [-0.05, 0) is 36.4 Å². The maximum atomic E-state index is 12.5. The Balaban J connectivity index is 2.62. The SMILES string of the molecule is Nc1ccc(OC(F)(F)F)c(-c2cc(N)ccc2OC(F)(F)F)c1. The van der Waals surface area contributed by atoms with Crippen molar-refractivity contribution in [1.82, 2.24) is 0 Å². The minimum Gasteiger partial charge on any atom is -0.405 e. The van der Waals surface area contributed by atoms with Gasteiger partial charge in [0.1, 0.15) is 11.5 Å². The Bertz CT molecular complexity index is 680. The lowest BCUT2D eigenvalue weighted by atomic mass is 10.0. The van der Waals surface area contributed by atoms with Crippen LogP contribution >= 0.6 is 0 Å². The highest BCUT2D eigenvalue weighted by molar-refractivity contribution is 5.80. The quantitative estimate of drug-likeness (QED) is 0.638. The summed E-state index contributed by atoms with van der Waals surface area (Å²) in [5.74, 6) is -1.48. The molecule has 0 bridgehead atoms. The van der Waals surface area contributed by atoms with E-state index in [0.717, 1.165) is 36.4 Å². The van der Waals surface area contributed by atoms with E-state index in [1.165, 1.54) is 0 Å². The van der Waals surface area contributed by atoms with Crippen LogP contribution in [0.5, 0.6) is 11.5 Å². The van der Waals surface area contributed by atoms with Gasteiger partial charge in [0.25, 0.3) is 0 Å². The van der Waals surface area contributed by atoms with E-state index in [1.807, 2.05) is 0 Å². The molecule has 10 heteroatoms. The van der Waals surface area contributed by atoms with Crippen molar-refractivity contribution in [2.45, 2.75) is 12.7 Å². The van der Waals surface area contributed by atoms with Gasteiger partial charge in [0.05, 0.1) is 0 Å². The Morgan fingerprint density at radius 2 is 0.958 bits per heavy atom. The standard InChI is InChI=1S/C14H10F6N2O2/c15-13(16,17)23-11-3-1-7(21)5-9(11)10-6-8(22)2-4-12(10)24-14(18,19)20/h1-6H,21-22H2. The van der Waals surface area contributed by atoms with Gasteiger partial charge in [-0.15, -0.1) is 26.3 Å². The van der Waals surface area contributed by atoms with Crippen molar-refractivity contribution >= 4 is 11.4 Å². The summed E-state index contributed by atoms with van der Waals surface area (Å²) in [6.07, 6.45) is -10.1. The number of nitrogens with two attached hydrogens (primary N) is 2. The summed E-state index contributed by atoms with van der Waals surface area (Å²) in [6, 6.07) is 6.05. The molecule has 4 nitrogen and oxygen atoms in total. The number of alkyl halides is 6. The van der Waals surface area contributed by atoms with Crippen molar-refractivity contribution < 1.29 is 35.8 Å². The molecule has 0 saturated carbocycles. The molecule has 0 fully saturated rings. The van der Waals surface area contributed by atoms with Crippen LogP contribution in [0.25, 0.3) is 11.1 Å². The zero-order chi connectivity index (χ0) is 18.1. The zero-order valence-corrected chi connectivity index (χ0v) is 11.7. The highest BCUT2D eigenvalue weighted by atomic mass is 19.4. The largest absolute Gasteiger partial charge is 0.573 e. The second kappa shape index (κ2) is 6.02. The first kappa shape index (κ1) is 17.6. The molecule has 0 aliphatic carbocycles. The molecule has 0 aliphatic rings. The van der Waals surface area contributed by atoms with Crippen LogP contribution in [0, 0.1) is 0 Å². The first-order valence-corrected chi connectivity index (χ1v) is 6.25. The number of hydrogen-bond acceptors (Lipinski definition) is 4. The molecule has 0 spiro atoms. The van der Waals surface area contributed by atoms with Crippen molar-refractivity contribution in [1.29, 1.82) is 0 Å². The summed E-state index contributed by atoms with van der Waals surface area (Å²) in [4.78, 5) is 0. The van der Waals surface area contributed by atoms with Gasteiger partial charge >= 0.3 is 12.7 Å². The normalized spacial score (nSPS) is 12.1. The number of hydrogen-bond donors (Lipinski definition) is 2. The topological polar surface area (TPSA) is 70.5 Å². The Morgan fingerprint density at radius 3 is 1.25 bits per heavy atom. The van der Waals surface area contributed by atoms with Crippen molar-refractivity contribution in [3.8, 4) is 22.6 Å². The molecular formula is C14H10F6N2O2. The maximum absolute atomic E-state index is 12.5. The van der Waals surface area contributed by atoms with Crippen LogP contribution in [0.3, 0.4) is 0 Å². The Kier molecular flexibility index (Phi) is 4.41. The van der Waals surface area contributed by atoms with Gasteiger partial charge in [0.15, 0.2) is 0 Å². The van der Waals surface area contributed by atoms with Gasteiger partial charge < -0.3 is 20.9 Å². The van der Waals surface area contributed by atoms with Crippen molar-refractivity contribution in [2.24, 2.45) is 0 Å². The molecule has 4 N–H and O–H groups in total. The Morgan fingerprint density at radius 1 is 0.625 bits per heavy atom. The van der Waals surface area contributed by atoms with E-state index in [-0.39, 0.29) is 22.5 Å². The van der Waals surface area contributed by atoms with Gasteiger partial charge in [-0.25, -0.2) is 0 Å². The third kappa shape index (κ3) is 4.61.